The first-order valence-corrected chi connectivity index (χ1v) is 10.7. The van der Waals surface area contributed by atoms with E-state index in [9.17, 15) is 9.59 Å². The number of aromatic nitrogens is 2. The molecule has 4 aromatic rings. The number of hydrogen-bond acceptors (Lipinski definition) is 3. The largest absolute Gasteiger partial charge is 0.381 e. The van der Waals surface area contributed by atoms with Crippen LogP contribution in [0.15, 0.2) is 76.3 Å². The van der Waals surface area contributed by atoms with Crippen molar-refractivity contribution in [1.29, 1.82) is 0 Å². The zero-order valence-corrected chi connectivity index (χ0v) is 17.6. The topological polar surface area (TPSA) is 64.1 Å². The molecule has 0 saturated carbocycles. The molecule has 6 heteroatoms. The lowest BCUT2D eigenvalue weighted by Gasteiger charge is -2.24. The SMILES string of the molecule is O=c1[nH]c2cc(-c3ccccc3Cl)ccc2c(=O)n1-c1ccccc1C1CCOCC1. The summed E-state index contributed by atoms with van der Waals surface area (Å²) in [4.78, 5) is 29.3. The van der Waals surface area contributed by atoms with Crippen LogP contribution in [0.25, 0.3) is 27.7 Å². The summed E-state index contributed by atoms with van der Waals surface area (Å²) in [5.41, 5.74) is 3.04. The summed E-state index contributed by atoms with van der Waals surface area (Å²) in [5, 5.41) is 1.07. The van der Waals surface area contributed by atoms with Crippen LogP contribution in [0, 0.1) is 0 Å². The minimum Gasteiger partial charge on any atom is -0.381 e. The van der Waals surface area contributed by atoms with Gasteiger partial charge in [-0.25, -0.2) is 9.36 Å². The third-order valence-electron chi connectivity index (χ3n) is 5.92. The van der Waals surface area contributed by atoms with E-state index in [2.05, 4.69) is 4.98 Å². The van der Waals surface area contributed by atoms with Gasteiger partial charge in [-0.2, -0.15) is 0 Å². The molecule has 5 rings (SSSR count). The lowest BCUT2D eigenvalue weighted by molar-refractivity contribution is 0.0853. The Labute approximate surface area is 183 Å². The zero-order chi connectivity index (χ0) is 21.4. The first kappa shape index (κ1) is 19.8. The average Bonchev–Trinajstić information content (AvgIpc) is 2.80. The Bertz CT molecular complexity index is 1380. The van der Waals surface area contributed by atoms with Crippen LogP contribution in [0.4, 0.5) is 0 Å². The highest BCUT2D eigenvalue weighted by Crippen LogP contribution is 2.31. The Kier molecular flexibility index (Phi) is 5.22. The van der Waals surface area contributed by atoms with E-state index in [1.54, 1.807) is 12.1 Å². The van der Waals surface area contributed by atoms with Crippen molar-refractivity contribution in [1.82, 2.24) is 9.55 Å². The second kappa shape index (κ2) is 8.17. The Morgan fingerprint density at radius 3 is 2.48 bits per heavy atom. The Morgan fingerprint density at radius 1 is 0.935 bits per heavy atom. The standard InChI is InChI=1S/C25H21ClN2O3/c26-21-7-3-1-5-18(21)17-9-10-20-22(15-17)27-25(30)28(24(20)29)23-8-4-2-6-19(23)16-11-13-31-14-12-16/h1-10,15-16H,11-14H2,(H,27,30). The number of halogens is 1. The fraction of sp³-hybridized carbons (Fsp3) is 0.200. The van der Waals surface area contributed by atoms with Crippen molar-refractivity contribution in [2.75, 3.05) is 13.2 Å². The minimum absolute atomic E-state index is 0.259. The summed E-state index contributed by atoms with van der Waals surface area (Å²) in [6.07, 6.45) is 1.75. The Hall–Kier alpha value is -3.15. The summed E-state index contributed by atoms with van der Waals surface area (Å²) in [6.45, 7) is 1.37. The molecule has 3 aromatic carbocycles. The van der Waals surface area contributed by atoms with Crippen LogP contribution < -0.4 is 11.2 Å². The number of benzene rings is 3. The highest BCUT2D eigenvalue weighted by atomic mass is 35.5. The fourth-order valence-corrected chi connectivity index (χ4v) is 4.59. The van der Waals surface area contributed by atoms with E-state index in [1.165, 1.54) is 4.57 Å². The molecule has 0 atom stereocenters. The van der Waals surface area contributed by atoms with Crippen LogP contribution in [-0.4, -0.2) is 22.8 Å². The van der Waals surface area contributed by atoms with Gasteiger partial charge in [-0.3, -0.25) is 4.79 Å². The smallest absolute Gasteiger partial charge is 0.333 e. The lowest BCUT2D eigenvalue weighted by atomic mass is 9.90. The van der Waals surface area contributed by atoms with Crippen molar-refractivity contribution >= 4 is 22.5 Å². The van der Waals surface area contributed by atoms with Gasteiger partial charge in [-0.15, -0.1) is 0 Å². The lowest BCUT2D eigenvalue weighted by Crippen LogP contribution is -2.34. The molecule has 0 spiro atoms. The second-order valence-corrected chi connectivity index (χ2v) is 8.16. The monoisotopic (exact) mass is 432 g/mol. The highest BCUT2D eigenvalue weighted by molar-refractivity contribution is 6.33. The molecule has 31 heavy (non-hydrogen) atoms. The van der Waals surface area contributed by atoms with Gasteiger partial charge in [0.1, 0.15) is 0 Å². The molecule has 0 amide bonds. The molecule has 1 aliphatic heterocycles. The maximum atomic E-state index is 13.4. The van der Waals surface area contributed by atoms with E-state index in [-0.39, 0.29) is 11.5 Å². The molecule has 1 aromatic heterocycles. The van der Waals surface area contributed by atoms with Crippen molar-refractivity contribution in [2.45, 2.75) is 18.8 Å². The van der Waals surface area contributed by atoms with Crippen molar-refractivity contribution < 1.29 is 4.74 Å². The van der Waals surface area contributed by atoms with Gasteiger partial charge in [0.05, 0.1) is 16.6 Å². The maximum Gasteiger partial charge on any atom is 0.333 e. The van der Waals surface area contributed by atoms with Crippen LogP contribution >= 0.6 is 11.6 Å². The van der Waals surface area contributed by atoms with Gasteiger partial charge in [0, 0.05) is 23.8 Å². The molecule has 0 bridgehead atoms. The Morgan fingerprint density at radius 2 is 1.68 bits per heavy atom. The molecule has 0 unspecified atom stereocenters. The number of aromatic amines is 1. The number of H-pyrrole nitrogens is 1. The summed E-state index contributed by atoms with van der Waals surface area (Å²) < 4.78 is 6.73. The maximum absolute atomic E-state index is 13.4. The van der Waals surface area contributed by atoms with Gasteiger partial charge in [0.15, 0.2) is 0 Å². The number of nitrogens with one attached hydrogen (secondary N) is 1. The normalized spacial score (nSPS) is 14.7. The van der Waals surface area contributed by atoms with Crippen molar-refractivity contribution in [2.24, 2.45) is 0 Å². The van der Waals surface area contributed by atoms with Gasteiger partial charge in [-0.05, 0) is 54.2 Å². The van der Waals surface area contributed by atoms with E-state index < -0.39 is 5.69 Å². The second-order valence-electron chi connectivity index (χ2n) is 7.76. The summed E-state index contributed by atoms with van der Waals surface area (Å²) in [6, 6.07) is 20.5. The molecule has 1 N–H and O–H groups in total. The van der Waals surface area contributed by atoms with Crippen LogP contribution in [0.5, 0.6) is 0 Å². The van der Waals surface area contributed by atoms with Crippen molar-refractivity contribution in [3.63, 3.8) is 0 Å². The summed E-state index contributed by atoms with van der Waals surface area (Å²) in [7, 11) is 0. The van der Waals surface area contributed by atoms with E-state index >= 15 is 0 Å². The summed E-state index contributed by atoms with van der Waals surface area (Å²) >= 11 is 6.32. The summed E-state index contributed by atoms with van der Waals surface area (Å²) in [5.74, 6) is 0.259. The number of rotatable bonds is 3. The quantitative estimate of drug-likeness (QED) is 0.501. The number of para-hydroxylation sites is 1. The predicted octanol–water partition coefficient (Wildman–Crippen LogP) is 4.89. The van der Waals surface area contributed by atoms with Gasteiger partial charge in [0.25, 0.3) is 5.56 Å². The fourth-order valence-electron chi connectivity index (χ4n) is 4.34. The molecule has 1 aliphatic rings. The molecular weight excluding hydrogens is 412 g/mol. The molecule has 1 fully saturated rings. The number of hydrogen-bond donors (Lipinski definition) is 1. The van der Waals surface area contributed by atoms with Crippen LogP contribution in [0.2, 0.25) is 5.02 Å². The number of fused-ring (bicyclic) bond motifs is 1. The predicted molar refractivity (Wildman–Crippen MR) is 123 cm³/mol. The van der Waals surface area contributed by atoms with Gasteiger partial charge in [-0.1, -0.05) is 54.1 Å². The number of nitrogens with zero attached hydrogens (tertiary/aromatic N) is 1. The molecule has 5 nitrogen and oxygen atoms in total. The molecule has 2 heterocycles. The van der Waals surface area contributed by atoms with Crippen molar-refractivity contribution in [3.05, 3.63) is 98.2 Å². The van der Waals surface area contributed by atoms with E-state index in [4.69, 9.17) is 16.3 Å². The average molecular weight is 433 g/mol. The molecule has 0 aliphatic carbocycles. The van der Waals surface area contributed by atoms with Gasteiger partial charge < -0.3 is 9.72 Å². The first-order chi connectivity index (χ1) is 15.1. The number of ether oxygens (including phenoxy) is 1. The molecule has 156 valence electrons. The first-order valence-electron chi connectivity index (χ1n) is 10.3. The van der Waals surface area contributed by atoms with E-state index in [0.29, 0.717) is 34.8 Å². The molecule has 1 saturated heterocycles. The van der Waals surface area contributed by atoms with Crippen LogP contribution in [0.3, 0.4) is 0 Å². The van der Waals surface area contributed by atoms with E-state index in [0.717, 1.165) is 29.5 Å². The van der Waals surface area contributed by atoms with Crippen molar-refractivity contribution in [3.8, 4) is 16.8 Å². The highest BCUT2D eigenvalue weighted by Gasteiger charge is 2.21. The zero-order valence-electron chi connectivity index (χ0n) is 16.8. The Balaban J connectivity index is 1.67. The van der Waals surface area contributed by atoms with Crippen LogP contribution in [-0.2, 0) is 4.74 Å². The third kappa shape index (κ3) is 3.60. The van der Waals surface area contributed by atoms with Gasteiger partial charge >= 0.3 is 5.69 Å². The van der Waals surface area contributed by atoms with Gasteiger partial charge in [0.2, 0.25) is 0 Å². The van der Waals surface area contributed by atoms with Crippen LogP contribution in [0.1, 0.15) is 24.3 Å². The minimum atomic E-state index is -0.451. The third-order valence-corrected chi connectivity index (χ3v) is 6.25. The molecule has 0 radical (unpaired) electrons. The molecular formula is C25H21ClN2O3. The van der Waals surface area contributed by atoms with E-state index in [1.807, 2.05) is 54.6 Å².